The van der Waals surface area contributed by atoms with Gasteiger partial charge in [-0.25, -0.2) is 4.39 Å². The standard InChI is InChI=1S/C23H25FN2O3/c24-20-10-8-19(9-11-20)22(27)25-12-13-29-21(15-25)16-26(14-17-6-7-17)23(28)18-4-2-1-3-5-18/h1-5,8-11,17,21H,6-7,12-16H2. The van der Waals surface area contributed by atoms with Crippen molar-refractivity contribution < 1.29 is 18.7 Å². The summed E-state index contributed by atoms with van der Waals surface area (Å²) in [5.41, 5.74) is 1.13. The van der Waals surface area contributed by atoms with Gasteiger partial charge in [0.2, 0.25) is 0 Å². The van der Waals surface area contributed by atoms with E-state index >= 15 is 0 Å². The molecule has 4 rings (SSSR count). The molecule has 6 heteroatoms. The molecule has 2 aliphatic rings. The Morgan fingerprint density at radius 2 is 1.72 bits per heavy atom. The van der Waals surface area contributed by atoms with Gasteiger partial charge < -0.3 is 14.5 Å². The van der Waals surface area contributed by atoms with Gasteiger partial charge in [-0.05, 0) is 55.2 Å². The van der Waals surface area contributed by atoms with Crippen molar-refractivity contribution in [3.05, 3.63) is 71.5 Å². The van der Waals surface area contributed by atoms with Crippen LogP contribution in [0, 0.1) is 11.7 Å². The van der Waals surface area contributed by atoms with Crippen LogP contribution in [-0.4, -0.2) is 60.5 Å². The predicted molar refractivity (Wildman–Crippen MR) is 107 cm³/mol. The Kier molecular flexibility index (Phi) is 5.90. The number of amides is 2. The largest absolute Gasteiger partial charge is 0.373 e. The highest BCUT2D eigenvalue weighted by molar-refractivity contribution is 5.95. The van der Waals surface area contributed by atoms with Crippen molar-refractivity contribution in [2.45, 2.75) is 18.9 Å². The van der Waals surface area contributed by atoms with E-state index in [-0.39, 0.29) is 23.7 Å². The molecule has 0 spiro atoms. The third-order valence-corrected chi connectivity index (χ3v) is 5.42. The zero-order valence-corrected chi connectivity index (χ0v) is 16.3. The fraction of sp³-hybridized carbons (Fsp3) is 0.391. The molecule has 5 nitrogen and oxygen atoms in total. The lowest BCUT2D eigenvalue weighted by molar-refractivity contribution is -0.0335. The van der Waals surface area contributed by atoms with Gasteiger partial charge in [-0.15, -0.1) is 0 Å². The zero-order chi connectivity index (χ0) is 20.2. The van der Waals surface area contributed by atoms with Crippen LogP contribution in [0.2, 0.25) is 0 Å². The number of morpholine rings is 1. The SMILES string of the molecule is O=C(c1ccc(F)cc1)N1CCOC(CN(CC2CC2)C(=O)c2ccccc2)C1. The maximum atomic E-state index is 13.1. The van der Waals surface area contributed by atoms with E-state index in [1.165, 1.54) is 24.3 Å². The van der Waals surface area contributed by atoms with Gasteiger partial charge in [0, 0.05) is 37.3 Å². The maximum Gasteiger partial charge on any atom is 0.254 e. The molecule has 0 radical (unpaired) electrons. The molecular weight excluding hydrogens is 371 g/mol. The second-order valence-electron chi connectivity index (χ2n) is 7.77. The minimum Gasteiger partial charge on any atom is -0.373 e. The Bertz CT molecular complexity index is 852. The summed E-state index contributed by atoms with van der Waals surface area (Å²) in [6.07, 6.45) is 2.07. The second kappa shape index (κ2) is 8.74. The van der Waals surface area contributed by atoms with Crippen LogP contribution in [0.5, 0.6) is 0 Å². The van der Waals surface area contributed by atoms with Crippen molar-refractivity contribution in [2.24, 2.45) is 5.92 Å². The lowest BCUT2D eigenvalue weighted by atomic mass is 10.1. The van der Waals surface area contributed by atoms with Crippen molar-refractivity contribution in [3.8, 4) is 0 Å². The predicted octanol–water partition coefficient (Wildman–Crippen LogP) is 3.22. The summed E-state index contributed by atoms with van der Waals surface area (Å²) in [6, 6.07) is 14.9. The van der Waals surface area contributed by atoms with Crippen LogP contribution in [0.4, 0.5) is 4.39 Å². The third-order valence-electron chi connectivity index (χ3n) is 5.42. The number of carbonyl (C=O) groups excluding carboxylic acids is 2. The van der Waals surface area contributed by atoms with Gasteiger partial charge in [-0.3, -0.25) is 9.59 Å². The lowest BCUT2D eigenvalue weighted by Crippen LogP contribution is -2.51. The van der Waals surface area contributed by atoms with Gasteiger partial charge in [0.25, 0.3) is 11.8 Å². The van der Waals surface area contributed by atoms with Crippen LogP contribution in [0.1, 0.15) is 33.6 Å². The molecule has 152 valence electrons. The smallest absolute Gasteiger partial charge is 0.254 e. The van der Waals surface area contributed by atoms with E-state index in [0.29, 0.717) is 43.3 Å². The molecule has 1 heterocycles. The van der Waals surface area contributed by atoms with Crippen molar-refractivity contribution in [1.29, 1.82) is 0 Å². The molecule has 2 aromatic rings. The summed E-state index contributed by atoms with van der Waals surface area (Å²) < 4.78 is 19.0. The van der Waals surface area contributed by atoms with Crippen molar-refractivity contribution in [1.82, 2.24) is 9.80 Å². The Morgan fingerprint density at radius 3 is 2.41 bits per heavy atom. The Morgan fingerprint density at radius 1 is 1.00 bits per heavy atom. The first-order valence-electron chi connectivity index (χ1n) is 10.1. The van der Waals surface area contributed by atoms with Crippen molar-refractivity contribution in [3.63, 3.8) is 0 Å². The molecule has 0 N–H and O–H groups in total. The average molecular weight is 396 g/mol. The van der Waals surface area contributed by atoms with E-state index in [1.54, 1.807) is 4.90 Å². The number of hydrogen-bond donors (Lipinski definition) is 0. The molecule has 2 fully saturated rings. The van der Waals surface area contributed by atoms with Crippen LogP contribution < -0.4 is 0 Å². The van der Waals surface area contributed by atoms with Gasteiger partial charge >= 0.3 is 0 Å². The topological polar surface area (TPSA) is 49.9 Å². The Balaban J connectivity index is 1.42. The minimum absolute atomic E-state index is 0.00286. The second-order valence-corrected chi connectivity index (χ2v) is 7.77. The first kappa shape index (κ1) is 19.6. The van der Waals surface area contributed by atoms with Crippen LogP contribution in [0.3, 0.4) is 0 Å². The number of rotatable bonds is 6. The van der Waals surface area contributed by atoms with E-state index in [4.69, 9.17) is 4.74 Å². The first-order valence-corrected chi connectivity index (χ1v) is 10.1. The minimum atomic E-state index is -0.364. The molecule has 29 heavy (non-hydrogen) atoms. The number of hydrogen-bond acceptors (Lipinski definition) is 3. The maximum absolute atomic E-state index is 13.1. The van der Waals surface area contributed by atoms with Gasteiger partial charge in [0.1, 0.15) is 5.82 Å². The van der Waals surface area contributed by atoms with E-state index < -0.39 is 0 Å². The van der Waals surface area contributed by atoms with Gasteiger partial charge in [-0.2, -0.15) is 0 Å². The molecule has 0 bridgehead atoms. The quantitative estimate of drug-likeness (QED) is 0.753. The number of nitrogens with zero attached hydrogens (tertiary/aromatic N) is 2. The monoisotopic (exact) mass is 396 g/mol. The van der Waals surface area contributed by atoms with Gasteiger partial charge in [0.15, 0.2) is 0 Å². The Labute approximate surface area is 170 Å². The molecule has 1 saturated heterocycles. The van der Waals surface area contributed by atoms with Crippen LogP contribution in [0.15, 0.2) is 54.6 Å². The van der Waals surface area contributed by atoms with Crippen molar-refractivity contribution in [2.75, 3.05) is 32.8 Å². The van der Waals surface area contributed by atoms with Crippen molar-refractivity contribution >= 4 is 11.8 Å². The summed E-state index contributed by atoms with van der Waals surface area (Å²) in [5, 5.41) is 0. The van der Waals surface area contributed by atoms with Crippen LogP contribution in [-0.2, 0) is 4.74 Å². The molecular formula is C23H25FN2O3. The first-order chi connectivity index (χ1) is 14.1. The molecule has 1 aliphatic heterocycles. The fourth-order valence-corrected chi connectivity index (χ4v) is 3.65. The number of benzene rings is 2. The van der Waals surface area contributed by atoms with Gasteiger partial charge in [0.05, 0.1) is 12.7 Å². The molecule has 1 atom stereocenters. The number of halogens is 1. The van der Waals surface area contributed by atoms with Crippen LogP contribution in [0.25, 0.3) is 0 Å². The number of carbonyl (C=O) groups is 2. The summed E-state index contributed by atoms with van der Waals surface area (Å²) in [6.45, 7) is 2.51. The van der Waals surface area contributed by atoms with E-state index in [0.717, 1.165) is 19.4 Å². The van der Waals surface area contributed by atoms with E-state index in [2.05, 4.69) is 0 Å². The van der Waals surface area contributed by atoms with Crippen LogP contribution >= 0.6 is 0 Å². The summed E-state index contributed by atoms with van der Waals surface area (Å²) in [4.78, 5) is 29.3. The highest BCUT2D eigenvalue weighted by atomic mass is 19.1. The van der Waals surface area contributed by atoms with Gasteiger partial charge in [-0.1, -0.05) is 18.2 Å². The molecule has 1 saturated carbocycles. The van der Waals surface area contributed by atoms with E-state index in [9.17, 15) is 14.0 Å². The fourth-order valence-electron chi connectivity index (χ4n) is 3.65. The lowest BCUT2D eigenvalue weighted by Gasteiger charge is -2.36. The number of ether oxygens (including phenoxy) is 1. The van der Waals surface area contributed by atoms with E-state index in [1.807, 2.05) is 35.2 Å². The molecule has 1 unspecified atom stereocenters. The zero-order valence-electron chi connectivity index (χ0n) is 16.3. The molecule has 2 aromatic carbocycles. The summed E-state index contributed by atoms with van der Waals surface area (Å²) in [7, 11) is 0. The molecule has 1 aliphatic carbocycles. The highest BCUT2D eigenvalue weighted by Gasteiger charge is 2.32. The normalized spacial score (nSPS) is 19.1. The third kappa shape index (κ3) is 5.01. The highest BCUT2D eigenvalue weighted by Crippen LogP contribution is 2.30. The summed E-state index contributed by atoms with van der Waals surface area (Å²) in [5.74, 6) is 0.0595. The average Bonchev–Trinajstić information content (AvgIpc) is 3.58. The molecule has 0 aromatic heterocycles. The molecule has 2 amide bonds. The summed E-state index contributed by atoms with van der Waals surface area (Å²) >= 11 is 0. The Hall–Kier alpha value is -2.73.